The van der Waals surface area contributed by atoms with E-state index in [1.165, 1.54) is 6.20 Å². The Morgan fingerprint density at radius 3 is 2.89 bits per heavy atom. The number of nitrogens with one attached hydrogen (secondary N) is 3. The Morgan fingerprint density at radius 1 is 1.47 bits per heavy atom. The fraction of sp³-hybridized carbons (Fsp3) is 0.300. The van der Waals surface area contributed by atoms with Gasteiger partial charge in [0, 0.05) is 11.9 Å². The number of ether oxygens (including phenoxy) is 1. The number of hydrogen-bond donors (Lipinski definition) is 3. The second-order valence-corrected chi connectivity index (χ2v) is 3.61. The van der Waals surface area contributed by atoms with Crippen LogP contribution in [0.5, 0.6) is 0 Å². The summed E-state index contributed by atoms with van der Waals surface area (Å²) in [4.78, 5) is 26.4. The van der Waals surface area contributed by atoms with Gasteiger partial charge in [-0.3, -0.25) is 4.79 Å². The lowest BCUT2D eigenvalue weighted by atomic mass is 10.2. The standard InChI is InChI=1S/C10H12N6O3/c1-3-19-10(18)7-5(2)11-4-6(7)12-9(17)8-13-15-16-14-8/h4,11H,3H2,1-2H3,(H,12,17)(H,13,14,15,16). The van der Waals surface area contributed by atoms with Crippen molar-refractivity contribution in [2.75, 3.05) is 11.9 Å². The second-order valence-electron chi connectivity index (χ2n) is 3.61. The number of carbonyl (C=O) groups is 2. The van der Waals surface area contributed by atoms with Crippen molar-refractivity contribution in [1.82, 2.24) is 25.6 Å². The molecule has 0 atom stereocenters. The minimum absolute atomic E-state index is 0.117. The number of aromatic nitrogens is 5. The first kappa shape index (κ1) is 12.7. The van der Waals surface area contributed by atoms with Gasteiger partial charge < -0.3 is 15.0 Å². The quantitative estimate of drug-likeness (QED) is 0.680. The number of aromatic amines is 2. The van der Waals surface area contributed by atoms with Crippen LogP contribution < -0.4 is 5.32 Å². The number of amides is 1. The van der Waals surface area contributed by atoms with Crippen LogP contribution in [-0.2, 0) is 4.74 Å². The van der Waals surface area contributed by atoms with Crippen molar-refractivity contribution in [3.63, 3.8) is 0 Å². The number of esters is 1. The van der Waals surface area contributed by atoms with Gasteiger partial charge in [0.15, 0.2) is 0 Å². The van der Waals surface area contributed by atoms with Crippen LogP contribution in [0.3, 0.4) is 0 Å². The molecular weight excluding hydrogens is 252 g/mol. The molecule has 9 nitrogen and oxygen atoms in total. The Balaban J connectivity index is 2.21. The summed E-state index contributed by atoms with van der Waals surface area (Å²) in [6.45, 7) is 3.66. The van der Waals surface area contributed by atoms with Crippen LogP contribution in [0.1, 0.15) is 33.6 Å². The highest BCUT2D eigenvalue weighted by molar-refractivity contribution is 6.06. The highest BCUT2D eigenvalue weighted by Crippen LogP contribution is 2.20. The van der Waals surface area contributed by atoms with Crippen molar-refractivity contribution < 1.29 is 14.3 Å². The number of hydrogen-bond acceptors (Lipinski definition) is 6. The normalized spacial score (nSPS) is 10.2. The highest BCUT2D eigenvalue weighted by Gasteiger charge is 2.20. The maximum atomic E-state index is 11.8. The van der Waals surface area contributed by atoms with Gasteiger partial charge in [-0.15, -0.1) is 10.2 Å². The monoisotopic (exact) mass is 264 g/mol. The first-order valence-electron chi connectivity index (χ1n) is 5.53. The smallest absolute Gasteiger partial charge is 0.342 e. The van der Waals surface area contributed by atoms with Gasteiger partial charge in [-0.1, -0.05) is 0 Å². The fourth-order valence-corrected chi connectivity index (χ4v) is 1.53. The van der Waals surface area contributed by atoms with Gasteiger partial charge in [-0.2, -0.15) is 5.21 Å². The molecule has 0 bridgehead atoms. The molecule has 0 radical (unpaired) electrons. The van der Waals surface area contributed by atoms with E-state index in [0.717, 1.165) is 0 Å². The Labute approximate surface area is 107 Å². The van der Waals surface area contributed by atoms with Gasteiger partial charge in [-0.25, -0.2) is 4.79 Å². The van der Waals surface area contributed by atoms with Gasteiger partial charge >= 0.3 is 5.97 Å². The summed E-state index contributed by atoms with van der Waals surface area (Å²) in [5.74, 6) is -1.20. The summed E-state index contributed by atoms with van der Waals surface area (Å²) in [6, 6.07) is 0. The molecule has 100 valence electrons. The van der Waals surface area contributed by atoms with Crippen molar-refractivity contribution in [2.24, 2.45) is 0 Å². The average Bonchev–Trinajstić information content (AvgIpc) is 2.99. The zero-order valence-electron chi connectivity index (χ0n) is 10.4. The van der Waals surface area contributed by atoms with E-state index in [1.54, 1.807) is 13.8 Å². The summed E-state index contributed by atoms with van der Waals surface area (Å²) in [5, 5.41) is 15.1. The predicted molar refractivity (Wildman–Crippen MR) is 63.6 cm³/mol. The molecule has 0 aliphatic heterocycles. The van der Waals surface area contributed by atoms with Crippen molar-refractivity contribution >= 4 is 17.6 Å². The predicted octanol–water partition coefficient (Wildman–Crippen LogP) is 0.265. The summed E-state index contributed by atoms with van der Waals surface area (Å²) in [7, 11) is 0. The Morgan fingerprint density at radius 2 is 2.26 bits per heavy atom. The van der Waals surface area contributed by atoms with Crippen LogP contribution in [-0.4, -0.2) is 44.1 Å². The topological polar surface area (TPSA) is 126 Å². The van der Waals surface area contributed by atoms with Gasteiger partial charge in [0.25, 0.3) is 11.7 Å². The first-order valence-corrected chi connectivity index (χ1v) is 5.53. The Kier molecular flexibility index (Phi) is 3.55. The largest absolute Gasteiger partial charge is 0.462 e. The molecule has 2 heterocycles. The molecule has 2 rings (SSSR count). The maximum Gasteiger partial charge on any atom is 0.342 e. The summed E-state index contributed by atoms with van der Waals surface area (Å²) >= 11 is 0. The number of tetrazole rings is 1. The third kappa shape index (κ3) is 2.59. The third-order valence-electron chi connectivity index (χ3n) is 2.35. The van der Waals surface area contributed by atoms with E-state index >= 15 is 0 Å². The molecule has 9 heteroatoms. The third-order valence-corrected chi connectivity index (χ3v) is 2.35. The molecule has 0 spiro atoms. The van der Waals surface area contributed by atoms with E-state index in [9.17, 15) is 9.59 Å². The van der Waals surface area contributed by atoms with E-state index in [4.69, 9.17) is 4.74 Å². The van der Waals surface area contributed by atoms with Gasteiger partial charge in [0.2, 0.25) is 0 Å². The number of anilines is 1. The molecular formula is C10H12N6O3. The molecule has 1 amide bonds. The van der Waals surface area contributed by atoms with Crippen LogP contribution in [0.25, 0.3) is 0 Å². The second kappa shape index (κ2) is 5.29. The summed E-state index contributed by atoms with van der Waals surface area (Å²) in [5.41, 5.74) is 1.19. The van der Waals surface area contributed by atoms with Crippen molar-refractivity contribution in [3.8, 4) is 0 Å². The lowest BCUT2D eigenvalue weighted by Crippen LogP contribution is -2.16. The van der Waals surface area contributed by atoms with Crippen molar-refractivity contribution in [1.29, 1.82) is 0 Å². The van der Waals surface area contributed by atoms with E-state index < -0.39 is 11.9 Å². The highest BCUT2D eigenvalue weighted by atomic mass is 16.5. The van der Waals surface area contributed by atoms with Crippen molar-refractivity contribution in [3.05, 3.63) is 23.3 Å². The molecule has 0 saturated carbocycles. The molecule has 19 heavy (non-hydrogen) atoms. The Hall–Kier alpha value is -2.71. The van der Waals surface area contributed by atoms with Gasteiger partial charge in [0.05, 0.1) is 12.3 Å². The zero-order valence-corrected chi connectivity index (χ0v) is 10.4. The molecule has 3 N–H and O–H groups in total. The van der Waals surface area contributed by atoms with Crippen LogP contribution in [0.2, 0.25) is 0 Å². The number of H-pyrrole nitrogens is 2. The number of rotatable bonds is 4. The number of aryl methyl sites for hydroxylation is 1. The van der Waals surface area contributed by atoms with E-state index in [0.29, 0.717) is 11.4 Å². The Bertz CT molecular complexity index is 588. The first-order chi connectivity index (χ1) is 9.13. The van der Waals surface area contributed by atoms with E-state index in [1.807, 2.05) is 0 Å². The van der Waals surface area contributed by atoms with E-state index in [2.05, 4.69) is 30.9 Å². The molecule has 0 fully saturated rings. The molecule has 0 unspecified atom stereocenters. The van der Waals surface area contributed by atoms with Crippen molar-refractivity contribution in [2.45, 2.75) is 13.8 Å². The fourth-order valence-electron chi connectivity index (χ4n) is 1.53. The molecule has 0 aromatic carbocycles. The lowest BCUT2D eigenvalue weighted by molar-refractivity contribution is 0.0527. The van der Waals surface area contributed by atoms with Crippen LogP contribution in [0, 0.1) is 6.92 Å². The molecule has 0 saturated heterocycles. The van der Waals surface area contributed by atoms with Crippen LogP contribution in [0.15, 0.2) is 6.20 Å². The number of carbonyl (C=O) groups excluding carboxylic acids is 2. The van der Waals surface area contributed by atoms with Gasteiger partial charge in [0.1, 0.15) is 5.56 Å². The summed E-state index contributed by atoms with van der Waals surface area (Å²) < 4.78 is 4.92. The average molecular weight is 264 g/mol. The molecule has 2 aromatic rings. The van der Waals surface area contributed by atoms with Crippen LogP contribution in [0.4, 0.5) is 5.69 Å². The van der Waals surface area contributed by atoms with Crippen LogP contribution >= 0.6 is 0 Å². The zero-order chi connectivity index (χ0) is 13.8. The molecule has 2 aromatic heterocycles. The summed E-state index contributed by atoms with van der Waals surface area (Å²) in [6.07, 6.45) is 1.50. The van der Waals surface area contributed by atoms with Gasteiger partial charge in [-0.05, 0) is 19.1 Å². The minimum atomic E-state index is -0.571. The molecule has 0 aliphatic rings. The minimum Gasteiger partial charge on any atom is -0.462 e. The lowest BCUT2D eigenvalue weighted by Gasteiger charge is -2.05. The molecule has 0 aliphatic carbocycles. The SMILES string of the molecule is CCOC(=O)c1c(NC(=O)c2nn[nH]n2)c[nH]c1C. The number of nitrogens with zero attached hydrogens (tertiary/aromatic N) is 3. The van der Waals surface area contributed by atoms with E-state index in [-0.39, 0.29) is 18.0 Å². The maximum absolute atomic E-state index is 11.8.